The van der Waals surface area contributed by atoms with Crippen molar-refractivity contribution in [3.63, 3.8) is 0 Å². The third-order valence-corrected chi connectivity index (χ3v) is 5.14. The second kappa shape index (κ2) is 6.37. The Labute approximate surface area is 138 Å². The lowest BCUT2D eigenvalue weighted by Crippen LogP contribution is -2.25. The summed E-state index contributed by atoms with van der Waals surface area (Å²) in [6.45, 7) is 0. The van der Waals surface area contributed by atoms with Crippen LogP contribution >= 0.6 is 34.5 Å². The van der Waals surface area contributed by atoms with Crippen LogP contribution in [0.25, 0.3) is 10.1 Å². The van der Waals surface area contributed by atoms with Gasteiger partial charge < -0.3 is 5.73 Å². The molecule has 1 atom stereocenters. The van der Waals surface area contributed by atoms with E-state index >= 15 is 0 Å². The highest BCUT2D eigenvalue weighted by molar-refractivity contribution is 7.17. The molecule has 0 aliphatic rings. The van der Waals surface area contributed by atoms with E-state index in [1.54, 1.807) is 17.4 Å². The molecule has 0 saturated heterocycles. The van der Waals surface area contributed by atoms with Crippen LogP contribution in [-0.2, 0) is 12.8 Å². The molecule has 0 amide bonds. The summed E-state index contributed by atoms with van der Waals surface area (Å²) in [5.41, 5.74) is 8.67. The van der Waals surface area contributed by atoms with Gasteiger partial charge in [0.25, 0.3) is 0 Å². The standard InChI is InChI=1S/C17H15Cl2NS/c18-13-6-5-11(16(19)9-13)7-14(20)8-12-10-21-17-4-2-1-3-15(12)17/h1-6,9-10,14H,7-8,20H2. The van der Waals surface area contributed by atoms with Crippen molar-refractivity contribution < 1.29 is 0 Å². The third kappa shape index (κ3) is 3.41. The molecule has 1 aromatic heterocycles. The quantitative estimate of drug-likeness (QED) is 0.685. The minimum absolute atomic E-state index is 0.0432. The molecule has 2 aromatic carbocycles. The van der Waals surface area contributed by atoms with Gasteiger partial charge in [-0.25, -0.2) is 0 Å². The molecular formula is C17H15Cl2NS. The summed E-state index contributed by atoms with van der Waals surface area (Å²) >= 11 is 13.9. The van der Waals surface area contributed by atoms with Gasteiger partial charge >= 0.3 is 0 Å². The van der Waals surface area contributed by atoms with Crippen LogP contribution in [0.3, 0.4) is 0 Å². The molecule has 0 aliphatic carbocycles. The van der Waals surface area contributed by atoms with E-state index < -0.39 is 0 Å². The summed E-state index contributed by atoms with van der Waals surface area (Å²) in [6.07, 6.45) is 1.60. The monoisotopic (exact) mass is 335 g/mol. The second-order valence-corrected chi connectivity index (χ2v) is 6.92. The number of nitrogens with two attached hydrogens (primary N) is 1. The zero-order valence-corrected chi connectivity index (χ0v) is 13.7. The predicted molar refractivity (Wildman–Crippen MR) is 93.7 cm³/mol. The highest BCUT2D eigenvalue weighted by atomic mass is 35.5. The zero-order valence-electron chi connectivity index (χ0n) is 11.4. The van der Waals surface area contributed by atoms with E-state index in [9.17, 15) is 0 Å². The molecule has 2 N–H and O–H groups in total. The molecule has 108 valence electrons. The molecule has 0 aliphatic heterocycles. The lowest BCUT2D eigenvalue weighted by Gasteiger charge is -2.12. The predicted octanol–water partition coefficient (Wildman–Crippen LogP) is 5.32. The van der Waals surface area contributed by atoms with Crippen LogP contribution in [0.2, 0.25) is 10.0 Å². The molecular weight excluding hydrogens is 321 g/mol. The van der Waals surface area contributed by atoms with Crippen molar-refractivity contribution in [1.82, 2.24) is 0 Å². The number of hydrogen-bond donors (Lipinski definition) is 1. The Morgan fingerprint density at radius 1 is 1.00 bits per heavy atom. The molecule has 1 unspecified atom stereocenters. The van der Waals surface area contributed by atoms with E-state index in [0.29, 0.717) is 10.0 Å². The topological polar surface area (TPSA) is 26.0 Å². The number of thiophene rings is 1. The maximum Gasteiger partial charge on any atom is 0.0453 e. The van der Waals surface area contributed by atoms with E-state index in [4.69, 9.17) is 28.9 Å². The summed E-state index contributed by atoms with van der Waals surface area (Å²) in [7, 11) is 0. The molecule has 3 rings (SSSR count). The van der Waals surface area contributed by atoms with Gasteiger partial charge in [-0.15, -0.1) is 11.3 Å². The Hall–Kier alpha value is -1.06. The van der Waals surface area contributed by atoms with Crippen LogP contribution < -0.4 is 5.73 Å². The molecule has 21 heavy (non-hydrogen) atoms. The Bertz CT molecular complexity index is 766. The Morgan fingerprint density at radius 2 is 1.76 bits per heavy atom. The van der Waals surface area contributed by atoms with Crippen LogP contribution in [0.1, 0.15) is 11.1 Å². The Kier molecular flexibility index (Phi) is 4.51. The molecule has 0 spiro atoms. The fourth-order valence-corrected chi connectivity index (χ4v) is 3.98. The van der Waals surface area contributed by atoms with Gasteiger partial charge in [0.15, 0.2) is 0 Å². The van der Waals surface area contributed by atoms with Gasteiger partial charge in [-0.2, -0.15) is 0 Å². The highest BCUT2D eigenvalue weighted by Crippen LogP contribution is 2.27. The van der Waals surface area contributed by atoms with E-state index in [-0.39, 0.29) is 6.04 Å². The second-order valence-electron chi connectivity index (χ2n) is 5.16. The summed E-state index contributed by atoms with van der Waals surface area (Å²) in [4.78, 5) is 0. The zero-order chi connectivity index (χ0) is 14.8. The smallest absolute Gasteiger partial charge is 0.0453 e. The number of fused-ring (bicyclic) bond motifs is 1. The van der Waals surface area contributed by atoms with Gasteiger partial charge in [-0.1, -0.05) is 47.5 Å². The Morgan fingerprint density at radius 3 is 2.57 bits per heavy atom. The fraction of sp³-hybridized carbons (Fsp3) is 0.176. The largest absolute Gasteiger partial charge is 0.327 e. The average molecular weight is 336 g/mol. The van der Waals surface area contributed by atoms with Crippen LogP contribution in [0.5, 0.6) is 0 Å². The van der Waals surface area contributed by atoms with Crippen LogP contribution in [0, 0.1) is 0 Å². The normalized spacial score (nSPS) is 12.7. The number of hydrogen-bond acceptors (Lipinski definition) is 2. The van der Waals surface area contributed by atoms with Gasteiger partial charge in [0.2, 0.25) is 0 Å². The van der Waals surface area contributed by atoms with Gasteiger partial charge in [0.05, 0.1) is 0 Å². The van der Waals surface area contributed by atoms with Crippen LogP contribution in [-0.4, -0.2) is 6.04 Å². The molecule has 3 aromatic rings. The van der Waals surface area contributed by atoms with Gasteiger partial charge in [0.1, 0.15) is 0 Å². The van der Waals surface area contributed by atoms with E-state index in [1.165, 1.54) is 15.6 Å². The van der Waals surface area contributed by atoms with Crippen molar-refractivity contribution in [2.75, 3.05) is 0 Å². The van der Waals surface area contributed by atoms with Crippen LogP contribution in [0.15, 0.2) is 47.8 Å². The fourth-order valence-electron chi connectivity index (χ4n) is 2.52. The molecule has 0 radical (unpaired) electrons. The first-order chi connectivity index (χ1) is 10.1. The summed E-state index contributed by atoms with van der Waals surface area (Å²) in [5.74, 6) is 0. The first-order valence-corrected chi connectivity index (χ1v) is 8.41. The SMILES string of the molecule is NC(Cc1ccc(Cl)cc1Cl)Cc1csc2ccccc12. The third-order valence-electron chi connectivity index (χ3n) is 3.54. The van der Waals surface area contributed by atoms with Crippen LogP contribution in [0.4, 0.5) is 0 Å². The molecule has 4 heteroatoms. The first-order valence-electron chi connectivity index (χ1n) is 6.78. The maximum absolute atomic E-state index is 6.31. The summed E-state index contributed by atoms with van der Waals surface area (Å²) < 4.78 is 1.31. The molecule has 0 fully saturated rings. The number of benzene rings is 2. The van der Waals surface area contributed by atoms with Crippen molar-refractivity contribution in [1.29, 1.82) is 0 Å². The molecule has 0 saturated carbocycles. The lowest BCUT2D eigenvalue weighted by molar-refractivity contribution is 0.668. The Balaban J connectivity index is 1.75. The van der Waals surface area contributed by atoms with Gasteiger partial charge in [-0.05, 0) is 52.9 Å². The number of rotatable bonds is 4. The maximum atomic E-state index is 6.31. The van der Waals surface area contributed by atoms with Gasteiger partial charge in [-0.3, -0.25) is 0 Å². The highest BCUT2D eigenvalue weighted by Gasteiger charge is 2.11. The van der Waals surface area contributed by atoms with Crippen molar-refractivity contribution in [3.8, 4) is 0 Å². The lowest BCUT2D eigenvalue weighted by atomic mass is 9.99. The van der Waals surface area contributed by atoms with E-state index in [0.717, 1.165) is 18.4 Å². The van der Waals surface area contributed by atoms with Gasteiger partial charge in [0, 0.05) is 20.8 Å². The summed E-state index contributed by atoms with van der Waals surface area (Å²) in [5, 5.41) is 4.85. The summed E-state index contributed by atoms with van der Waals surface area (Å²) in [6, 6.07) is 14.1. The average Bonchev–Trinajstić information content (AvgIpc) is 2.85. The molecule has 1 nitrogen and oxygen atoms in total. The van der Waals surface area contributed by atoms with E-state index in [2.05, 4.69) is 29.6 Å². The minimum atomic E-state index is 0.0432. The molecule has 0 bridgehead atoms. The minimum Gasteiger partial charge on any atom is -0.327 e. The van der Waals surface area contributed by atoms with Crippen molar-refractivity contribution >= 4 is 44.6 Å². The number of halogens is 2. The van der Waals surface area contributed by atoms with E-state index in [1.807, 2.05) is 12.1 Å². The first kappa shape index (κ1) is 14.9. The van der Waals surface area contributed by atoms with Crippen molar-refractivity contribution in [2.45, 2.75) is 18.9 Å². The molecule has 1 heterocycles. The van der Waals surface area contributed by atoms with Crippen molar-refractivity contribution in [2.24, 2.45) is 5.73 Å². The van der Waals surface area contributed by atoms with Crippen molar-refractivity contribution in [3.05, 3.63) is 69.0 Å².